The van der Waals surface area contributed by atoms with Crippen LogP contribution in [0.15, 0.2) is 72.3 Å². The molecule has 0 radical (unpaired) electrons. The van der Waals surface area contributed by atoms with Crippen LogP contribution in [0.2, 0.25) is 23.2 Å². The molecule has 1 fully saturated rings. The average Bonchev–Trinajstić information content (AvgIpc) is 3.26. The highest BCUT2D eigenvalue weighted by Gasteiger charge is 2.55. The van der Waals surface area contributed by atoms with Crippen molar-refractivity contribution in [2.75, 3.05) is 6.61 Å². The van der Waals surface area contributed by atoms with E-state index in [1.54, 1.807) is 0 Å². The quantitative estimate of drug-likeness (QED) is 0.244. The normalized spacial score (nSPS) is 22.1. The third-order valence-corrected chi connectivity index (χ3v) is 19.0. The largest absolute Gasteiger partial charge is 0.471 e. The molecular formula is C33H46F3NO3Si2. The van der Waals surface area contributed by atoms with Gasteiger partial charge in [0.1, 0.15) is 0 Å². The van der Waals surface area contributed by atoms with Crippen molar-refractivity contribution < 1.29 is 26.8 Å². The Morgan fingerprint density at radius 1 is 0.881 bits per heavy atom. The maximum Gasteiger partial charge on any atom is 0.471 e. The van der Waals surface area contributed by atoms with Gasteiger partial charge in [-0.15, -0.1) is 0 Å². The Morgan fingerprint density at radius 2 is 1.40 bits per heavy atom. The fraction of sp³-hybridized carbons (Fsp3) is 0.545. The molecular weight excluding hydrogens is 572 g/mol. The molecule has 0 aromatic heterocycles. The maximum absolute atomic E-state index is 14.0. The summed E-state index contributed by atoms with van der Waals surface area (Å²) in [4.78, 5) is 14.0. The van der Waals surface area contributed by atoms with E-state index in [0.717, 1.165) is 20.8 Å². The Bertz CT molecular complexity index is 1230. The topological polar surface area (TPSA) is 38.8 Å². The van der Waals surface area contributed by atoms with Crippen LogP contribution in [0.5, 0.6) is 0 Å². The van der Waals surface area contributed by atoms with Gasteiger partial charge in [-0.25, -0.2) is 0 Å². The van der Waals surface area contributed by atoms with Crippen LogP contribution in [0.3, 0.4) is 0 Å². The number of benzene rings is 2. The summed E-state index contributed by atoms with van der Waals surface area (Å²) >= 11 is 0. The van der Waals surface area contributed by atoms with Crippen LogP contribution in [0.4, 0.5) is 13.2 Å². The van der Waals surface area contributed by atoms with E-state index in [1.807, 2.05) is 42.5 Å². The molecule has 1 amide bonds. The monoisotopic (exact) mass is 617 g/mol. The van der Waals surface area contributed by atoms with Gasteiger partial charge < -0.3 is 13.8 Å². The minimum atomic E-state index is -4.96. The molecule has 4 rings (SSSR count). The number of rotatable bonds is 7. The Morgan fingerprint density at radius 3 is 1.86 bits per heavy atom. The first-order valence-corrected chi connectivity index (χ1v) is 19.7. The van der Waals surface area contributed by atoms with Crippen molar-refractivity contribution in [2.45, 2.75) is 108 Å². The first-order valence-electron chi connectivity index (χ1n) is 14.9. The molecule has 1 aliphatic heterocycles. The highest BCUT2D eigenvalue weighted by atomic mass is 28.4. The molecule has 2 aliphatic rings. The van der Waals surface area contributed by atoms with Crippen LogP contribution in [0.25, 0.3) is 0 Å². The van der Waals surface area contributed by atoms with Crippen molar-refractivity contribution in [1.29, 1.82) is 0 Å². The molecule has 0 saturated carbocycles. The van der Waals surface area contributed by atoms with Gasteiger partial charge in [-0.1, -0.05) is 108 Å². The molecule has 9 heteroatoms. The molecule has 2 aromatic carbocycles. The summed E-state index contributed by atoms with van der Waals surface area (Å²) in [5.74, 6) is -1.79. The zero-order chi connectivity index (χ0) is 31.1. The molecule has 2 aromatic rings. The summed E-state index contributed by atoms with van der Waals surface area (Å²) in [6.45, 7) is 17.1. The summed E-state index contributed by atoms with van der Waals surface area (Å²) < 4.78 is 55.6. The molecule has 42 heavy (non-hydrogen) atoms. The number of nitrogens with zero attached hydrogens (tertiary/aromatic N) is 1. The number of likely N-dealkylation sites (tertiary alicyclic amines) is 1. The van der Waals surface area contributed by atoms with Crippen molar-refractivity contribution in [3.63, 3.8) is 0 Å². The third kappa shape index (κ3) is 6.35. The van der Waals surface area contributed by atoms with Gasteiger partial charge in [-0.05, 0) is 58.4 Å². The second-order valence-electron chi connectivity index (χ2n) is 14.3. The van der Waals surface area contributed by atoms with E-state index >= 15 is 0 Å². The maximum atomic E-state index is 14.0. The number of alkyl halides is 3. The Hall–Kier alpha value is -2.21. The molecule has 4 nitrogen and oxygen atoms in total. The molecule has 1 saturated heterocycles. The van der Waals surface area contributed by atoms with Crippen LogP contribution in [-0.2, 0) is 13.6 Å². The van der Waals surface area contributed by atoms with Crippen molar-refractivity contribution in [2.24, 2.45) is 0 Å². The first kappa shape index (κ1) is 32.7. The summed E-state index contributed by atoms with van der Waals surface area (Å²) in [6, 6.07) is 19.1. The van der Waals surface area contributed by atoms with Crippen molar-refractivity contribution >= 4 is 32.9 Å². The van der Waals surface area contributed by atoms with Crippen molar-refractivity contribution in [1.82, 2.24) is 4.90 Å². The van der Waals surface area contributed by atoms with E-state index in [1.165, 1.54) is 0 Å². The zero-order valence-electron chi connectivity index (χ0n) is 26.2. The van der Waals surface area contributed by atoms with Crippen LogP contribution in [0, 0.1) is 0 Å². The van der Waals surface area contributed by atoms with Gasteiger partial charge in [0, 0.05) is 0 Å². The van der Waals surface area contributed by atoms with E-state index in [0.29, 0.717) is 19.3 Å². The second kappa shape index (κ2) is 11.7. The summed E-state index contributed by atoms with van der Waals surface area (Å²) in [6.07, 6.45) is -1.95. The minimum Gasteiger partial charge on any atom is -0.415 e. The molecule has 1 heterocycles. The van der Waals surface area contributed by atoms with Crippen LogP contribution in [-0.4, -0.2) is 58.4 Å². The van der Waals surface area contributed by atoms with E-state index < -0.39 is 40.8 Å². The average molecular weight is 618 g/mol. The second-order valence-corrected chi connectivity index (χ2v) is 23.4. The standard InChI is InChI=1S/C33H46F3NO3Si2/c1-31(2,3)41(7,8)39-23-25-21-24-19-20-26(22-29(24)37(25)30(38)33(34,35)36)40-42(32(4,5)6,27-15-11-9-12-16-27)28-17-13-10-14-18-28/h9-19,25-26,29H,20-23H2,1-8H3/t25-,26+,29-/m0/s1. The molecule has 0 bridgehead atoms. The number of amides is 1. The highest BCUT2D eigenvalue weighted by molar-refractivity contribution is 6.99. The van der Waals surface area contributed by atoms with Gasteiger partial charge in [0.2, 0.25) is 0 Å². The fourth-order valence-electron chi connectivity index (χ4n) is 6.20. The van der Waals surface area contributed by atoms with E-state index in [-0.39, 0.29) is 22.8 Å². The smallest absolute Gasteiger partial charge is 0.415 e. The fourth-order valence-corrected chi connectivity index (χ4v) is 12.0. The third-order valence-electron chi connectivity index (χ3n) is 9.44. The summed E-state index contributed by atoms with van der Waals surface area (Å²) in [5, 5.41) is 1.88. The number of halogens is 3. The molecule has 3 atom stereocenters. The van der Waals surface area contributed by atoms with Crippen LogP contribution in [0.1, 0.15) is 60.8 Å². The van der Waals surface area contributed by atoms with Gasteiger partial charge in [0.25, 0.3) is 8.32 Å². The Kier molecular flexibility index (Phi) is 9.12. The van der Waals surface area contributed by atoms with Gasteiger partial charge >= 0.3 is 12.1 Å². The van der Waals surface area contributed by atoms with Crippen LogP contribution >= 0.6 is 0 Å². The van der Waals surface area contributed by atoms with Gasteiger partial charge in [-0.2, -0.15) is 13.2 Å². The lowest BCUT2D eigenvalue weighted by molar-refractivity contribution is -0.189. The lowest BCUT2D eigenvalue weighted by atomic mass is 9.92. The number of hydrogen-bond acceptors (Lipinski definition) is 3. The van der Waals surface area contributed by atoms with E-state index in [9.17, 15) is 18.0 Å². The number of hydrogen-bond donors (Lipinski definition) is 0. The number of carbonyl (C=O) groups is 1. The van der Waals surface area contributed by atoms with Gasteiger partial charge in [0.15, 0.2) is 8.32 Å². The minimum absolute atomic E-state index is 0.0920. The van der Waals surface area contributed by atoms with Crippen molar-refractivity contribution in [3.05, 3.63) is 72.3 Å². The van der Waals surface area contributed by atoms with Gasteiger partial charge in [-0.3, -0.25) is 4.79 Å². The molecule has 0 N–H and O–H groups in total. The zero-order valence-corrected chi connectivity index (χ0v) is 28.2. The molecule has 230 valence electrons. The number of carbonyl (C=O) groups excluding carboxylic acids is 1. The van der Waals surface area contributed by atoms with Crippen LogP contribution < -0.4 is 10.4 Å². The Labute approximate surface area is 251 Å². The summed E-state index contributed by atoms with van der Waals surface area (Å²) in [7, 11) is -5.15. The van der Waals surface area contributed by atoms with E-state index in [2.05, 4.69) is 78.9 Å². The predicted molar refractivity (Wildman–Crippen MR) is 168 cm³/mol. The SMILES string of the molecule is CC(C)(C)[Si](C)(C)OC[C@@H]1CC2=CC[C@@H](O[Si](c3ccccc3)(c3ccccc3)C(C)(C)C)C[C@@H]2N1C(=O)C(F)(F)F. The summed E-state index contributed by atoms with van der Waals surface area (Å²) in [5.41, 5.74) is 0.888. The lowest BCUT2D eigenvalue weighted by Crippen LogP contribution is -2.68. The molecule has 0 spiro atoms. The lowest BCUT2D eigenvalue weighted by Gasteiger charge is -2.46. The van der Waals surface area contributed by atoms with Crippen molar-refractivity contribution in [3.8, 4) is 0 Å². The molecule has 1 aliphatic carbocycles. The first-order chi connectivity index (χ1) is 19.4. The van der Waals surface area contributed by atoms with E-state index in [4.69, 9.17) is 8.85 Å². The van der Waals surface area contributed by atoms with Gasteiger partial charge in [0.05, 0.1) is 24.8 Å². The predicted octanol–water partition coefficient (Wildman–Crippen LogP) is 7.21. The Balaban J connectivity index is 1.69. The highest BCUT2D eigenvalue weighted by Crippen LogP contribution is 2.44. The number of fused-ring (bicyclic) bond motifs is 1. The molecule has 0 unspecified atom stereocenters.